The molecule has 0 saturated heterocycles. The maximum absolute atomic E-state index is 3.34. The Labute approximate surface area is 72.7 Å². The van der Waals surface area contributed by atoms with Crippen LogP contribution in [-0.2, 0) is 0 Å². The summed E-state index contributed by atoms with van der Waals surface area (Å²) in [5, 5.41) is 3.29. The second-order valence-electron chi connectivity index (χ2n) is 3.70. The van der Waals surface area contributed by atoms with Crippen molar-refractivity contribution in [1.82, 2.24) is 5.32 Å². The third-order valence-electron chi connectivity index (χ3n) is 2.24. The first kappa shape index (κ1) is 10.4. The summed E-state index contributed by atoms with van der Waals surface area (Å²) >= 11 is 3.34. The Morgan fingerprint density at radius 3 is 2.20 bits per heavy atom. The predicted octanol–water partition coefficient (Wildman–Crippen LogP) is 2.61. The molecule has 0 aliphatic carbocycles. The Morgan fingerprint density at radius 1 is 1.40 bits per heavy atom. The average molecular weight is 208 g/mol. The highest BCUT2D eigenvalue weighted by Crippen LogP contribution is 2.24. The van der Waals surface area contributed by atoms with Gasteiger partial charge in [0.15, 0.2) is 0 Å². The standard InChI is InChI=1S/C8H18BrN/c1-7(2)8(3,4)5-10-6-9/h7,10H,5-6H2,1-4H3. The van der Waals surface area contributed by atoms with Crippen molar-refractivity contribution in [1.29, 1.82) is 0 Å². The summed E-state index contributed by atoms with van der Waals surface area (Å²) in [4.78, 5) is 0. The van der Waals surface area contributed by atoms with Crippen LogP contribution < -0.4 is 5.32 Å². The van der Waals surface area contributed by atoms with Gasteiger partial charge in [0, 0.05) is 6.54 Å². The maximum Gasteiger partial charge on any atom is 0.0517 e. The lowest BCUT2D eigenvalue weighted by molar-refractivity contribution is 0.243. The number of alkyl halides is 1. The van der Waals surface area contributed by atoms with Crippen LogP contribution in [0.25, 0.3) is 0 Å². The van der Waals surface area contributed by atoms with Crippen LogP contribution in [0.4, 0.5) is 0 Å². The average Bonchev–Trinajstić information content (AvgIpc) is 1.84. The highest BCUT2D eigenvalue weighted by Gasteiger charge is 2.20. The molecule has 0 aromatic rings. The molecule has 1 N–H and O–H groups in total. The smallest absolute Gasteiger partial charge is 0.0517 e. The first-order chi connectivity index (χ1) is 4.50. The molecule has 0 amide bonds. The van der Waals surface area contributed by atoms with Gasteiger partial charge >= 0.3 is 0 Å². The van der Waals surface area contributed by atoms with Gasteiger partial charge in [0.1, 0.15) is 0 Å². The van der Waals surface area contributed by atoms with Crippen LogP contribution in [0.1, 0.15) is 27.7 Å². The molecule has 0 atom stereocenters. The van der Waals surface area contributed by atoms with E-state index in [1.807, 2.05) is 0 Å². The lowest BCUT2D eigenvalue weighted by Crippen LogP contribution is -2.32. The first-order valence-corrected chi connectivity index (χ1v) is 4.89. The summed E-state index contributed by atoms with van der Waals surface area (Å²) < 4.78 is 0. The molecule has 0 unspecified atom stereocenters. The topological polar surface area (TPSA) is 12.0 Å². The van der Waals surface area contributed by atoms with Gasteiger partial charge in [0.25, 0.3) is 0 Å². The molecule has 10 heavy (non-hydrogen) atoms. The highest BCUT2D eigenvalue weighted by molar-refractivity contribution is 9.09. The number of rotatable bonds is 4. The summed E-state index contributed by atoms with van der Waals surface area (Å²) in [6, 6.07) is 0. The lowest BCUT2D eigenvalue weighted by atomic mass is 9.81. The van der Waals surface area contributed by atoms with Crippen LogP contribution >= 0.6 is 15.9 Å². The van der Waals surface area contributed by atoms with Crippen LogP contribution in [0.3, 0.4) is 0 Å². The summed E-state index contributed by atoms with van der Waals surface area (Å²) in [6.07, 6.45) is 0. The summed E-state index contributed by atoms with van der Waals surface area (Å²) in [5.74, 6) is 0.735. The molecule has 62 valence electrons. The zero-order valence-corrected chi connectivity index (χ0v) is 8.96. The molecular weight excluding hydrogens is 190 g/mol. The van der Waals surface area contributed by atoms with Gasteiger partial charge in [-0.05, 0) is 11.3 Å². The van der Waals surface area contributed by atoms with E-state index >= 15 is 0 Å². The number of hydrogen-bond donors (Lipinski definition) is 1. The van der Waals surface area contributed by atoms with Gasteiger partial charge in [-0.25, -0.2) is 0 Å². The van der Waals surface area contributed by atoms with E-state index in [0.29, 0.717) is 5.41 Å². The highest BCUT2D eigenvalue weighted by atomic mass is 79.9. The van der Waals surface area contributed by atoms with Crippen LogP contribution in [0.15, 0.2) is 0 Å². The molecule has 0 radical (unpaired) electrons. The summed E-state index contributed by atoms with van der Waals surface area (Å²) in [6.45, 7) is 10.2. The fourth-order valence-electron chi connectivity index (χ4n) is 0.574. The molecule has 0 heterocycles. The summed E-state index contributed by atoms with van der Waals surface area (Å²) in [7, 11) is 0. The SMILES string of the molecule is CC(C)C(C)(C)CNCBr. The molecule has 0 saturated carbocycles. The third kappa shape index (κ3) is 3.57. The van der Waals surface area contributed by atoms with Crippen molar-refractivity contribution in [3.8, 4) is 0 Å². The lowest BCUT2D eigenvalue weighted by Gasteiger charge is -2.29. The Balaban J connectivity index is 3.63. The molecule has 2 heteroatoms. The van der Waals surface area contributed by atoms with Crippen molar-refractivity contribution < 1.29 is 0 Å². The largest absolute Gasteiger partial charge is 0.307 e. The van der Waals surface area contributed by atoms with E-state index in [0.717, 1.165) is 17.9 Å². The van der Waals surface area contributed by atoms with Gasteiger partial charge in [-0.15, -0.1) is 0 Å². The zero-order chi connectivity index (χ0) is 8.20. The second-order valence-corrected chi connectivity index (χ2v) is 4.26. The third-order valence-corrected chi connectivity index (χ3v) is 2.63. The van der Waals surface area contributed by atoms with Crippen LogP contribution in [0.5, 0.6) is 0 Å². The summed E-state index contributed by atoms with van der Waals surface area (Å²) in [5.41, 5.74) is 1.30. The zero-order valence-electron chi connectivity index (χ0n) is 7.37. The molecule has 0 bridgehead atoms. The molecule has 0 aliphatic rings. The molecular formula is C8H18BrN. The fraction of sp³-hybridized carbons (Fsp3) is 1.00. The monoisotopic (exact) mass is 207 g/mol. The quantitative estimate of drug-likeness (QED) is 0.553. The van der Waals surface area contributed by atoms with E-state index in [1.54, 1.807) is 0 Å². The van der Waals surface area contributed by atoms with Crippen molar-refractivity contribution in [3.63, 3.8) is 0 Å². The maximum atomic E-state index is 3.34. The normalized spacial score (nSPS) is 12.6. The van der Waals surface area contributed by atoms with Gasteiger partial charge < -0.3 is 5.32 Å². The molecule has 0 rings (SSSR count). The van der Waals surface area contributed by atoms with E-state index < -0.39 is 0 Å². The van der Waals surface area contributed by atoms with Crippen molar-refractivity contribution in [2.75, 3.05) is 12.0 Å². The van der Waals surface area contributed by atoms with Crippen LogP contribution in [0, 0.1) is 11.3 Å². The van der Waals surface area contributed by atoms with Crippen molar-refractivity contribution in [2.24, 2.45) is 11.3 Å². The molecule has 0 fully saturated rings. The number of hydrogen-bond acceptors (Lipinski definition) is 1. The van der Waals surface area contributed by atoms with Crippen molar-refractivity contribution in [2.45, 2.75) is 27.7 Å². The minimum atomic E-state index is 0.410. The van der Waals surface area contributed by atoms with Gasteiger partial charge in [0.2, 0.25) is 0 Å². The molecule has 0 aromatic heterocycles. The van der Waals surface area contributed by atoms with Crippen LogP contribution in [0.2, 0.25) is 0 Å². The second kappa shape index (κ2) is 4.35. The van der Waals surface area contributed by atoms with Gasteiger partial charge in [-0.3, -0.25) is 0 Å². The predicted molar refractivity (Wildman–Crippen MR) is 50.4 cm³/mol. The van der Waals surface area contributed by atoms with E-state index in [-0.39, 0.29) is 0 Å². The molecule has 1 nitrogen and oxygen atoms in total. The fourth-order valence-corrected chi connectivity index (χ4v) is 0.772. The Morgan fingerprint density at radius 2 is 1.90 bits per heavy atom. The Kier molecular flexibility index (Phi) is 4.54. The van der Waals surface area contributed by atoms with E-state index in [4.69, 9.17) is 0 Å². The minimum absolute atomic E-state index is 0.410. The van der Waals surface area contributed by atoms with E-state index in [2.05, 4.69) is 48.9 Å². The first-order valence-electron chi connectivity index (χ1n) is 3.77. The number of halogens is 1. The van der Waals surface area contributed by atoms with E-state index in [9.17, 15) is 0 Å². The van der Waals surface area contributed by atoms with Crippen LogP contribution in [-0.4, -0.2) is 12.0 Å². The van der Waals surface area contributed by atoms with E-state index in [1.165, 1.54) is 0 Å². The Bertz CT molecular complexity index is 89.3. The molecule has 0 aromatic carbocycles. The molecule has 0 aliphatic heterocycles. The molecule has 0 spiro atoms. The van der Waals surface area contributed by atoms with Gasteiger partial charge in [0.05, 0.1) is 5.45 Å². The van der Waals surface area contributed by atoms with Crippen molar-refractivity contribution in [3.05, 3.63) is 0 Å². The van der Waals surface area contributed by atoms with Gasteiger partial charge in [-0.1, -0.05) is 43.6 Å². The van der Waals surface area contributed by atoms with Crippen molar-refractivity contribution >= 4 is 15.9 Å². The minimum Gasteiger partial charge on any atom is -0.307 e. The Hall–Kier alpha value is 0.440. The van der Waals surface area contributed by atoms with Gasteiger partial charge in [-0.2, -0.15) is 0 Å². The number of nitrogens with one attached hydrogen (secondary N) is 1.